The molecule has 0 amide bonds. The second-order valence-corrected chi connectivity index (χ2v) is 5.58. The van der Waals surface area contributed by atoms with Crippen LogP contribution in [0.2, 0.25) is 5.02 Å². The quantitative estimate of drug-likeness (QED) is 0.460. The molecule has 2 aromatic rings. The summed E-state index contributed by atoms with van der Waals surface area (Å²) in [5, 5.41) is -1.07. The largest absolute Gasteiger partial charge is 0.207 e. The van der Waals surface area contributed by atoms with Gasteiger partial charge in [0.15, 0.2) is 11.6 Å². The molecule has 2 aromatic carbocycles. The molecular formula is C13H6BrCl2F3. The fourth-order valence-corrected chi connectivity index (χ4v) is 2.65. The minimum Gasteiger partial charge on any atom is -0.207 e. The third-order valence-electron chi connectivity index (χ3n) is 2.54. The standard InChI is InChI=1S/C13H6BrCl2F3/c14-6-1-2-10(17)8(3-6)13(16)7-4-11(18)12(19)5-9(7)15/h1-5,13H. The van der Waals surface area contributed by atoms with Gasteiger partial charge in [-0.1, -0.05) is 27.5 Å². The van der Waals surface area contributed by atoms with E-state index in [1.54, 1.807) is 0 Å². The molecule has 6 heteroatoms. The number of alkyl halides is 1. The van der Waals surface area contributed by atoms with Crippen LogP contribution in [0.5, 0.6) is 0 Å². The van der Waals surface area contributed by atoms with E-state index >= 15 is 0 Å². The van der Waals surface area contributed by atoms with Crippen molar-refractivity contribution in [2.45, 2.75) is 5.38 Å². The van der Waals surface area contributed by atoms with Crippen molar-refractivity contribution in [2.75, 3.05) is 0 Å². The Bertz CT molecular complexity index is 632. The predicted molar refractivity (Wildman–Crippen MR) is 73.2 cm³/mol. The van der Waals surface area contributed by atoms with Crippen molar-refractivity contribution >= 4 is 39.1 Å². The maximum atomic E-state index is 13.7. The topological polar surface area (TPSA) is 0 Å². The van der Waals surface area contributed by atoms with Crippen LogP contribution in [0.15, 0.2) is 34.8 Å². The average molecular weight is 370 g/mol. The van der Waals surface area contributed by atoms with Gasteiger partial charge in [-0.15, -0.1) is 11.6 Å². The molecule has 0 saturated carbocycles. The summed E-state index contributed by atoms with van der Waals surface area (Å²) < 4.78 is 40.5. The van der Waals surface area contributed by atoms with Crippen LogP contribution in [-0.4, -0.2) is 0 Å². The van der Waals surface area contributed by atoms with E-state index in [1.807, 2.05) is 0 Å². The van der Waals surface area contributed by atoms with Crippen LogP contribution < -0.4 is 0 Å². The lowest BCUT2D eigenvalue weighted by molar-refractivity contribution is 0.507. The summed E-state index contributed by atoms with van der Waals surface area (Å²) in [5.74, 6) is -2.71. The maximum Gasteiger partial charge on any atom is 0.160 e. The molecular weight excluding hydrogens is 364 g/mol. The Morgan fingerprint density at radius 3 is 2.21 bits per heavy atom. The van der Waals surface area contributed by atoms with Gasteiger partial charge >= 0.3 is 0 Å². The highest BCUT2D eigenvalue weighted by Gasteiger charge is 2.20. The summed E-state index contributed by atoms with van der Waals surface area (Å²) in [6, 6.07) is 5.88. The number of hydrogen-bond acceptors (Lipinski definition) is 0. The molecule has 1 atom stereocenters. The lowest BCUT2D eigenvalue weighted by Gasteiger charge is -2.14. The molecule has 2 rings (SSSR count). The first kappa shape index (κ1) is 14.7. The van der Waals surface area contributed by atoms with Crippen molar-refractivity contribution in [3.8, 4) is 0 Å². The average Bonchev–Trinajstić information content (AvgIpc) is 2.36. The molecule has 0 aliphatic carbocycles. The minimum absolute atomic E-state index is 0.0572. The lowest BCUT2D eigenvalue weighted by atomic mass is 10.0. The fraction of sp³-hybridized carbons (Fsp3) is 0.0769. The van der Waals surface area contributed by atoms with E-state index in [1.165, 1.54) is 18.2 Å². The Kier molecular flexibility index (Phi) is 4.43. The Balaban J connectivity index is 2.52. The van der Waals surface area contributed by atoms with Gasteiger partial charge in [-0.05, 0) is 35.9 Å². The van der Waals surface area contributed by atoms with Crippen molar-refractivity contribution in [1.29, 1.82) is 0 Å². The molecule has 0 spiro atoms. The van der Waals surface area contributed by atoms with Crippen LogP contribution in [0.25, 0.3) is 0 Å². The Morgan fingerprint density at radius 1 is 0.895 bits per heavy atom. The second kappa shape index (κ2) is 5.73. The number of benzene rings is 2. The Labute approximate surface area is 126 Å². The normalized spacial score (nSPS) is 12.5. The Morgan fingerprint density at radius 2 is 1.53 bits per heavy atom. The van der Waals surface area contributed by atoms with Crippen LogP contribution in [0, 0.1) is 17.5 Å². The van der Waals surface area contributed by atoms with E-state index in [2.05, 4.69) is 15.9 Å². The summed E-state index contributed by atoms with van der Waals surface area (Å²) in [5.41, 5.74) is 0.239. The molecule has 100 valence electrons. The maximum absolute atomic E-state index is 13.7. The zero-order valence-electron chi connectivity index (χ0n) is 9.23. The molecule has 0 radical (unpaired) electrons. The van der Waals surface area contributed by atoms with Gasteiger partial charge in [-0.3, -0.25) is 0 Å². The van der Waals surface area contributed by atoms with Gasteiger partial charge in [-0.25, -0.2) is 13.2 Å². The third-order valence-corrected chi connectivity index (χ3v) is 3.83. The van der Waals surface area contributed by atoms with Crippen LogP contribution in [0.4, 0.5) is 13.2 Å². The van der Waals surface area contributed by atoms with E-state index in [4.69, 9.17) is 23.2 Å². The van der Waals surface area contributed by atoms with Gasteiger partial charge in [-0.2, -0.15) is 0 Å². The number of halogens is 6. The molecule has 0 aromatic heterocycles. The Hall–Kier alpha value is -0.710. The predicted octanol–water partition coefficient (Wildman–Crippen LogP) is 5.85. The van der Waals surface area contributed by atoms with Gasteiger partial charge < -0.3 is 0 Å². The third kappa shape index (κ3) is 3.07. The highest BCUT2D eigenvalue weighted by atomic mass is 79.9. The molecule has 0 fully saturated rings. The van der Waals surface area contributed by atoms with Gasteiger partial charge in [0, 0.05) is 15.1 Å². The highest BCUT2D eigenvalue weighted by Crippen LogP contribution is 2.36. The smallest absolute Gasteiger partial charge is 0.160 e. The van der Waals surface area contributed by atoms with Crippen molar-refractivity contribution in [3.63, 3.8) is 0 Å². The van der Waals surface area contributed by atoms with Gasteiger partial charge in [0.25, 0.3) is 0 Å². The highest BCUT2D eigenvalue weighted by molar-refractivity contribution is 9.10. The van der Waals surface area contributed by atoms with E-state index in [-0.39, 0.29) is 16.1 Å². The van der Waals surface area contributed by atoms with Crippen LogP contribution >= 0.6 is 39.1 Å². The first-order chi connectivity index (χ1) is 8.90. The lowest BCUT2D eigenvalue weighted by Crippen LogP contribution is -2.00. The SMILES string of the molecule is Fc1cc(Cl)c(C(Cl)c2cc(Br)ccc2F)cc1F. The monoisotopic (exact) mass is 368 g/mol. The molecule has 0 heterocycles. The summed E-state index contributed by atoms with van der Waals surface area (Å²) in [4.78, 5) is 0. The number of rotatable bonds is 2. The zero-order valence-corrected chi connectivity index (χ0v) is 12.3. The van der Waals surface area contributed by atoms with Gasteiger partial charge in [0.05, 0.1) is 5.38 Å². The van der Waals surface area contributed by atoms with Crippen LogP contribution in [-0.2, 0) is 0 Å². The molecule has 0 N–H and O–H groups in total. The van der Waals surface area contributed by atoms with Crippen molar-refractivity contribution in [2.24, 2.45) is 0 Å². The van der Waals surface area contributed by atoms with Crippen molar-refractivity contribution in [3.05, 3.63) is 68.4 Å². The van der Waals surface area contributed by atoms with E-state index in [0.717, 1.165) is 12.1 Å². The van der Waals surface area contributed by atoms with Gasteiger partial charge in [0.1, 0.15) is 5.82 Å². The van der Waals surface area contributed by atoms with Gasteiger partial charge in [0.2, 0.25) is 0 Å². The first-order valence-electron chi connectivity index (χ1n) is 5.13. The van der Waals surface area contributed by atoms with Crippen LogP contribution in [0.1, 0.15) is 16.5 Å². The van der Waals surface area contributed by atoms with E-state index in [0.29, 0.717) is 4.47 Å². The van der Waals surface area contributed by atoms with E-state index < -0.39 is 22.8 Å². The minimum atomic E-state index is -1.08. The molecule has 0 aliphatic heterocycles. The summed E-state index contributed by atoms with van der Waals surface area (Å²) in [6.45, 7) is 0. The van der Waals surface area contributed by atoms with Crippen molar-refractivity contribution < 1.29 is 13.2 Å². The fourth-order valence-electron chi connectivity index (χ4n) is 1.61. The molecule has 0 saturated heterocycles. The molecule has 19 heavy (non-hydrogen) atoms. The van der Waals surface area contributed by atoms with E-state index in [9.17, 15) is 13.2 Å². The molecule has 0 aliphatic rings. The zero-order chi connectivity index (χ0) is 14.2. The molecule has 0 nitrogen and oxygen atoms in total. The first-order valence-corrected chi connectivity index (χ1v) is 6.74. The number of hydrogen-bond donors (Lipinski definition) is 0. The van der Waals surface area contributed by atoms with Crippen LogP contribution in [0.3, 0.4) is 0 Å². The summed E-state index contributed by atoms with van der Waals surface area (Å²) in [7, 11) is 0. The summed E-state index contributed by atoms with van der Waals surface area (Å²) in [6.07, 6.45) is 0. The molecule has 0 bridgehead atoms. The second-order valence-electron chi connectivity index (χ2n) is 3.82. The molecule has 1 unspecified atom stereocenters. The van der Waals surface area contributed by atoms with Crippen molar-refractivity contribution in [1.82, 2.24) is 0 Å². The summed E-state index contributed by atoms with van der Waals surface area (Å²) >= 11 is 15.1.